The predicted molar refractivity (Wildman–Crippen MR) is 65.5 cm³/mol. The van der Waals surface area contributed by atoms with Gasteiger partial charge in [-0.05, 0) is 23.8 Å². The van der Waals surface area contributed by atoms with Crippen molar-refractivity contribution < 1.29 is 14.6 Å². The lowest BCUT2D eigenvalue weighted by Gasteiger charge is -2.09. The van der Waals surface area contributed by atoms with Gasteiger partial charge in [0.25, 0.3) is 0 Å². The van der Waals surface area contributed by atoms with Gasteiger partial charge < -0.3 is 9.84 Å². The fraction of sp³-hybridized carbons (Fsp3) is 0.0714. The van der Waals surface area contributed by atoms with Gasteiger partial charge >= 0.3 is 0 Å². The van der Waals surface area contributed by atoms with Gasteiger partial charge in [0, 0.05) is 5.56 Å². The molecule has 0 bridgehead atoms. The lowest BCUT2D eigenvalue weighted by Crippen LogP contribution is -1.89. The van der Waals surface area contributed by atoms with Crippen molar-refractivity contribution in [3.05, 3.63) is 48.0 Å². The minimum atomic E-state index is -0.0151. The monoisotopic (exact) mass is 228 g/mol. The molecule has 0 aliphatic carbocycles. The number of ether oxygens (including phenoxy) is 1. The molecule has 86 valence electrons. The van der Waals surface area contributed by atoms with Gasteiger partial charge in [-0.25, -0.2) is 0 Å². The molecule has 0 radical (unpaired) electrons. The average Bonchev–Trinajstić information content (AvgIpc) is 2.39. The first-order valence-electron chi connectivity index (χ1n) is 5.18. The fourth-order valence-corrected chi connectivity index (χ4v) is 1.70. The van der Waals surface area contributed by atoms with Crippen molar-refractivity contribution in [3.8, 4) is 22.6 Å². The molecule has 0 fully saturated rings. The van der Waals surface area contributed by atoms with Crippen molar-refractivity contribution in [2.24, 2.45) is 0 Å². The highest BCUT2D eigenvalue weighted by molar-refractivity contribution is 5.83. The number of para-hydroxylation sites is 1. The van der Waals surface area contributed by atoms with Crippen molar-refractivity contribution in [2.75, 3.05) is 7.11 Å². The fourth-order valence-electron chi connectivity index (χ4n) is 1.70. The summed E-state index contributed by atoms with van der Waals surface area (Å²) in [6.45, 7) is 0. The summed E-state index contributed by atoms with van der Waals surface area (Å²) in [5.74, 6) is 0.716. The number of carbonyl (C=O) groups excluding carboxylic acids is 1. The van der Waals surface area contributed by atoms with E-state index in [0.29, 0.717) is 6.29 Å². The zero-order valence-corrected chi connectivity index (χ0v) is 9.38. The Kier molecular flexibility index (Phi) is 3.10. The Morgan fingerprint density at radius 2 is 1.94 bits per heavy atom. The third-order valence-electron chi connectivity index (χ3n) is 2.57. The Morgan fingerprint density at radius 1 is 1.18 bits per heavy atom. The molecule has 0 atom stereocenters. The number of benzene rings is 2. The minimum absolute atomic E-state index is 0.0151. The zero-order chi connectivity index (χ0) is 12.3. The molecule has 1 N–H and O–H groups in total. The smallest absolute Gasteiger partial charge is 0.153 e. The first-order chi connectivity index (χ1) is 8.26. The van der Waals surface area contributed by atoms with Crippen LogP contribution in [-0.2, 0) is 0 Å². The van der Waals surface area contributed by atoms with Crippen molar-refractivity contribution in [2.45, 2.75) is 0 Å². The summed E-state index contributed by atoms with van der Waals surface area (Å²) in [5, 5.41) is 9.45. The zero-order valence-electron chi connectivity index (χ0n) is 9.38. The van der Waals surface area contributed by atoms with E-state index in [4.69, 9.17) is 4.74 Å². The standard InChI is InChI=1S/C14H12O3/c1-17-14-5-3-2-4-12(14)10-6-7-13(16)11(8-10)9-15/h2-9,16H,1H3. The highest BCUT2D eigenvalue weighted by Crippen LogP contribution is 2.31. The number of methoxy groups -OCH3 is 1. The predicted octanol–water partition coefficient (Wildman–Crippen LogP) is 2.88. The Morgan fingerprint density at radius 3 is 2.65 bits per heavy atom. The van der Waals surface area contributed by atoms with Gasteiger partial charge in [0.05, 0.1) is 12.7 Å². The van der Waals surface area contributed by atoms with Gasteiger partial charge in [0.1, 0.15) is 11.5 Å². The number of hydrogen-bond acceptors (Lipinski definition) is 3. The number of phenolic OH excluding ortho intramolecular Hbond substituents is 1. The van der Waals surface area contributed by atoms with Crippen LogP contribution < -0.4 is 4.74 Å². The minimum Gasteiger partial charge on any atom is -0.507 e. The van der Waals surface area contributed by atoms with Gasteiger partial charge in [-0.1, -0.05) is 24.3 Å². The van der Waals surface area contributed by atoms with Crippen LogP contribution in [0.3, 0.4) is 0 Å². The maximum absolute atomic E-state index is 10.8. The van der Waals surface area contributed by atoms with Gasteiger partial charge in [-0.15, -0.1) is 0 Å². The van der Waals surface area contributed by atoms with Gasteiger partial charge in [-0.3, -0.25) is 4.79 Å². The van der Waals surface area contributed by atoms with Crippen LogP contribution >= 0.6 is 0 Å². The summed E-state index contributed by atoms with van der Waals surface area (Å²) >= 11 is 0. The van der Waals surface area contributed by atoms with E-state index in [1.807, 2.05) is 24.3 Å². The van der Waals surface area contributed by atoms with Crippen molar-refractivity contribution in [1.29, 1.82) is 0 Å². The Hall–Kier alpha value is -2.29. The molecule has 0 saturated heterocycles. The number of rotatable bonds is 3. The quantitative estimate of drug-likeness (QED) is 0.821. The second kappa shape index (κ2) is 4.70. The van der Waals surface area contributed by atoms with E-state index >= 15 is 0 Å². The summed E-state index contributed by atoms with van der Waals surface area (Å²) in [7, 11) is 1.60. The molecule has 0 heterocycles. The van der Waals surface area contributed by atoms with E-state index in [1.165, 1.54) is 6.07 Å². The van der Waals surface area contributed by atoms with Crippen molar-refractivity contribution in [1.82, 2.24) is 0 Å². The molecule has 0 aromatic heterocycles. The molecule has 0 unspecified atom stereocenters. The van der Waals surface area contributed by atoms with Crippen LogP contribution in [-0.4, -0.2) is 18.5 Å². The first-order valence-corrected chi connectivity index (χ1v) is 5.18. The topological polar surface area (TPSA) is 46.5 Å². The van der Waals surface area contributed by atoms with E-state index < -0.39 is 0 Å². The number of phenols is 1. The highest BCUT2D eigenvalue weighted by atomic mass is 16.5. The second-order valence-corrected chi connectivity index (χ2v) is 3.59. The second-order valence-electron chi connectivity index (χ2n) is 3.59. The first kappa shape index (κ1) is 11.2. The van der Waals surface area contributed by atoms with Crippen LogP contribution in [0.5, 0.6) is 11.5 Å². The van der Waals surface area contributed by atoms with Crippen LogP contribution in [0, 0.1) is 0 Å². The number of carbonyl (C=O) groups is 1. The Bertz CT molecular complexity index is 547. The molecule has 0 saturated carbocycles. The molecule has 0 spiro atoms. The van der Waals surface area contributed by atoms with Crippen LogP contribution in [0.4, 0.5) is 0 Å². The average molecular weight is 228 g/mol. The molecular formula is C14H12O3. The summed E-state index contributed by atoms with van der Waals surface area (Å²) < 4.78 is 5.25. The number of hydrogen-bond donors (Lipinski definition) is 1. The van der Waals surface area contributed by atoms with E-state index in [9.17, 15) is 9.90 Å². The van der Waals surface area contributed by atoms with Crippen molar-refractivity contribution in [3.63, 3.8) is 0 Å². The van der Waals surface area contributed by atoms with Crippen molar-refractivity contribution >= 4 is 6.29 Å². The highest BCUT2D eigenvalue weighted by Gasteiger charge is 2.07. The third kappa shape index (κ3) is 2.13. The molecule has 0 aliphatic rings. The summed E-state index contributed by atoms with van der Waals surface area (Å²) in [6.07, 6.45) is 0.633. The lowest BCUT2D eigenvalue weighted by molar-refractivity contribution is 0.112. The van der Waals surface area contributed by atoms with E-state index in [1.54, 1.807) is 19.2 Å². The number of aromatic hydroxyl groups is 1. The SMILES string of the molecule is COc1ccccc1-c1ccc(O)c(C=O)c1. The van der Waals surface area contributed by atoms with Crippen LogP contribution in [0.25, 0.3) is 11.1 Å². The van der Waals surface area contributed by atoms with E-state index in [-0.39, 0.29) is 11.3 Å². The van der Waals surface area contributed by atoms with Gasteiger partial charge in [0.2, 0.25) is 0 Å². The van der Waals surface area contributed by atoms with E-state index in [2.05, 4.69) is 0 Å². The Labute approximate surface area is 99.3 Å². The largest absolute Gasteiger partial charge is 0.507 e. The summed E-state index contributed by atoms with van der Waals surface area (Å²) in [6, 6.07) is 12.4. The normalized spacial score (nSPS) is 9.94. The van der Waals surface area contributed by atoms with Crippen LogP contribution in [0.15, 0.2) is 42.5 Å². The molecule has 2 aromatic carbocycles. The lowest BCUT2D eigenvalue weighted by atomic mass is 10.0. The van der Waals surface area contributed by atoms with Crippen LogP contribution in [0.2, 0.25) is 0 Å². The molecule has 17 heavy (non-hydrogen) atoms. The number of aldehydes is 1. The molecule has 0 amide bonds. The summed E-state index contributed by atoms with van der Waals surface area (Å²) in [4.78, 5) is 10.8. The van der Waals surface area contributed by atoms with E-state index in [0.717, 1.165) is 16.9 Å². The molecule has 0 aliphatic heterocycles. The molecule has 2 aromatic rings. The molecule has 3 nitrogen and oxygen atoms in total. The Balaban J connectivity index is 2.56. The molecule has 3 heteroatoms. The van der Waals surface area contributed by atoms with Gasteiger partial charge in [-0.2, -0.15) is 0 Å². The molecular weight excluding hydrogens is 216 g/mol. The third-order valence-corrected chi connectivity index (χ3v) is 2.57. The summed E-state index contributed by atoms with van der Waals surface area (Å²) in [5.41, 5.74) is 1.99. The molecule has 2 rings (SSSR count). The maximum Gasteiger partial charge on any atom is 0.153 e. The van der Waals surface area contributed by atoms with Crippen LogP contribution in [0.1, 0.15) is 10.4 Å². The maximum atomic E-state index is 10.8. The van der Waals surface area contributed by atoms with Gasteiger partial charge in [0.15, 0.2) is 6.29 Å².